The average molecular weight is 187 g/mol. The van der Waals surface area contributed by atoms with Crippen LogP contribution >= 0.6 is 0 Å². The Morgan fingerprint density at radius 3 is 2.08 bits per heavy atom. The number of nitrogens with zero attached hydrogens (tertiary/aromatic N) is 1. The second-order valence-electron chi connectivity index (χ2n) is 3.98. The first-order valence-electron chi connectivity index (χ1n) is 4.21. The molecule has 0 fully saturated rings. The molecule has 0 rings (SSSR count). The van der Waals surface area contributed by atoms with Crippen molar-refractivity contribution in [1.82, 2.24) is 4.90 Å². The number of amides is 1. The summed E-state index contributed by atoms with van der Waals surface area (Å²) in [4.78, 5) is 23.3. The minimum Gasteiger partial charge on any atom is -0.481 e. The highest BCUT2D eigenvalue weighted by molar-refractivity contribution is 5.78. The van der Waals surface area contributed by atoms with E-state index in [1.807, 2.05) is 0 Å². The van der Waals surface area contributed by atoms with E-state index in [0.717, 1.165) is 0 Å². The first kappa shape index (κ1) is 11.9. The Morgan fingerprint density at radius 2 is 1.77 bits per heavy atom. The van der Waals surface area contributed by atoms with Gasteiger partial charge in [-0.3, -0.25) is 9.59 Å². The van der Waals surface area contributed by atoms with Crippen molar-refractivity contribution in [2.75, 3.05) is 14.1 Å². The summed E-state index contributed by atoms with van der Waals surface area (Å²) in [5.41, 5.74) is -0.814. The van der Waals surface area contributed by atoms with Crippen LogP contribution in [0.4, 0.5) is 0 Å². The molecule has 0 radical (unpaired) electrons. The Bertz CT molecular complexity index is 209. The monoisotopic (exact) mass is 187 g/mol. The van der Waals surface area contributed by atoms with Gasteiger partial charge >= 0.3 is 5.97 Å². The van der Waals surface area contributed by atoms with E-state index >= 15 is 0 Å². The molecular formula is C9H17NO3. The molecule has 0 unspecified atom stereocenters. The maximum atomic E-state index is 11.1. The van der Waals surface area contributed by atoms with Crippen LogP contribution in [0.5, 0.6) is 0 Å². The lowest BCUT2D eigenvalue weighted by molar-refractivity contribution is -0.147. The third-order valence-corrected chi connectivity index (χ3v) is 2.04. The molecule has 0 saturated heterocycles. The normalized spacial score (nSPS) is 11.1. The number of hydrogen-bond donors (Lipinski definition) is 1. The molecule has 0 spiro atoms. The van der Waals surface area contributed by atoms with E-state index in [-0.39, 0.29) is 12.3 Å². The molecule has 0 aliphatic carbocycles. The number of aliphatic carboxylic acids is 1. The van der Waals surface area contributed by atoms with E-state index in [9.17, 15) is 9.59 Å². The molecule has 4 heteroatoms. The quantitative estimate of drug-likeness (QED) is 0.713. The summed E-state index contributed by atoms with van der Waals surface area (Å²) in [6, 6.07) is 0. The third-order valence-electron chi connectivity index (χ3n) is 2.04. The SMILES string of the molecule is CN(C)C(=O)CCC(C)(C)C(=O)O. The van der Waals surface area contributed by atoms with Crippen LogP contribution in [0.25, 0.3) is 0 Å². The summed E-state index contributed by atoms with van der Waals surface area (Å²) in [6.07, 6.45) is 0.658. The van der Waals surface area contributed by atoms with Crippen molar-refractivity contribution in [2.24, 2.45) is 5.41 Å². The molecule has 0 heterocycles. The van der Waals surface area contributed by atoms with Crippen LogP contribution in [-0.2, 0) is 9.59 Å². The fraction of sp³-hybridized carbons (Fsp3) is 0.778. The first-order chi connectivity index (χ1) is 5.77. The minimum absolute atomic E-state index is 0.0330. The number of carboxylic acid groups (broad SMARTS) is 1. The molecule has 0 atom stereocenters. The van der Waals surface area contributed by atoms with E-state index in [1.165, 1.54) is 4.90 Å². The summed E-state index contributed by atoms with van der Waals surface area (Å²) in [5.74, 6) is -0.895. The van der Waals surface area contributed by atoms with Crippen molar-refractivity contribution < 1.29 is 14.7 Å². The Balaban J connectivity index is 4.03. The zero-order valence-corrected chi connectivity index (χ0v) is 8.63. The largest absolute Gasteiger partial charge is 0.481 e. The predicted octanol–water partition coefficient (Wildman–Crippen LogP) is 0.966. The van der Waals surface area contributed by atoms with Gasteiger partial charge in [-0.2, -0.15) is 0 Å². The van der Waals surface area contributed by atoms with Crippen molar-refractivity contribution in [3.63, 3.8) is 0 Å². The van der Waals surface area contributed by atoms with Gasteiger partial charge in [-0.25, -0.2) is 0 Å². The molecule has 0 aliphatic heterocycles. The van der Waals surface area contributed by atoms with E-state index in [4.69, 9.17) is 5.11 Å². The number of carbonyl (C=O) groups excluding carboxylic acids is 1. The topological polar surface area (TPSA) is 57.6 Å². The van der Waals surface area contributed by atoms with Crippen molar-refractivity contribution in [2.45, 2.75) is 26.7 Å². The van der Waals surface area contributed by atoms with Crippen molar-refractivity contribution >= 4 is 11.9 Å². The molecule has 76 valence electrons. The van der Waals surface area contributed by atoms with Crippen LogP contribution in [0.3, 0.4) is 0 Å². The van der Waals surface area contributed by atoms with Gasteiger partial charge in [-0.05, 0) is 20.3 Å². The van der Waals surface area contributed by atoms with Crippen LogP contribution < -0.4 is 0 Å². The molecule has 1 N–H and O–H groups in total. The van der Waals surface area contributed by atoms with Gasteiger partial charge in [-0.15, -0.1) is 0 Å². The number of carbonyl (C=O) groups is 2. The maximum absolute atomic E-state index is 11.1. The highest BCUT2D eigenvalue weighted by Gasteiger charge is 2.27. The second kappa shape index (κ2) is 4.25. The van der Waals surface area contributed by atoms with Gasteiger partial charge in [0.05, 0.1) is 5.41 Å². The van der Waals surface area contributed by atoms with Gasteiger partial charge in [0.25, 0.3) is 0 Å². The summed E-state index contributed by atoms with van der Waals surface area (Å²) < 4.78 is 0. The summed E-state index contributed by atoms with van der Waals surface area (Å²) in [6.45, 7) is 3.25. The van der Waals surface area contributed by atoms with Crippen LogP contribution in [0.15, 0.2) is 0 Å². The lowest BCUT2D eigenvalue weighted by Gasteiger charge is -2.19. The third kappa shape index (κ3) is 3.92. The molecule has 4 nitrogen and oxygen atoms in total. The van der Waals surface area contributed by atoms with Crippen molar-refractivity contribution in [1.29, 1.82) is 0 Å². The van der Waals surface area contributed by atoms with Crippen LogP contribution in [-0.4, -0.2) is 36.0 Å². The minimum atomic E-state index is -0.862. The van der Waals surface area contributed by atoms with E-state index < -0.39 is 11.4 Å². The molecule has 13 heavy (non-hydrogen) atoms. The summed E-state index contributed by atoms with van der Waals surface area (Å²) >= 11 is 0. The van der Waals surface area contributed by atoms with E-state index in [0.29, 0.717) is 6.42 Å². The fourth-order valence-electron chi connectivity index (χ4n) is 0.750. The Hall–Kier alpha value is -1.06. The van der Waals surface area contributed by atoms with Crippen LogP contribution in [0.1, 0.15) is 26.7 Å². The average Bonchev–Trinajstić information content (AvgIpc) is 1.99. The Labute approximate surface area is 78.5 Å². The van der Waals surface area contributed by atoms with Crippen LogP contribution in [0.2, 0.25) is 0 Å². The first-order valence-corrected chi connectivity index (χ1v) is 4.21. The molecule has 0 aromatic rings. The molecule has 1 amide bonds. The van der Waals surface area contributed by atoms with Crippen molar-refractivity contribution in [3.8, 4) is 0 Å². The highest BCUT2D eigenvalue weighted by Crippen LogP contribution is 2.22. The fourth-order valence-corrected chi connectivity index (χ4v) is 0.750. The molecular weight excluding hydrogens is 170 g/mol. The predicted molar refractivity (Wildman–Crippen MR) is 49.3 cm³/mol. The molecule has 0 aromatic heterocycles. The number of hydrogen-bond acceptors (Lipinski definition) is 2. The van der Waals surface area contributed by atoms with E-state index in [1.54, 1.807) is 27.9 Å². The van der Waals surface area contributed by atoms with Crippen LogP contribution in [0, 0.1) is 5.41 Å². The highest BCUT2D eigenvalue weighted by atomic mass is 16.4. The number of rotatable bonds is 4. The Kier molecular flexibility index (Phi) is 3.91. The second-order valence-corrected chi connectivity index (χ2v) is 3.98. The molecule has 0 aromatic carbocycles. The smallest absolute Gasteiger partial charge is 0.309 e. The number of carboxylic acids is 1. The molecule has 0 aliphatic rings. The van der Waals surface area contributed by atoms with Gasteiger partial charge in [0, 0.05) is 20.5 Å². The van der Waals surface area contributed by atoms with Gasteiger partial charge in [0.1, 0.15) is 0 Å². The maximum Gasteiger partial charge on any atom is 0.309 e. The van der Waals surface area contributed by atoms with Gasteiger partial charge in [0.15, 0.2) is 0 Å². The zero-order chi connectivity index (χ0) is 10.6. The molecule has 0 bridgehead atoms. The lowest BCUT2D eigenvalue weighted by Crippen LogP contribution is -2.28. The van der Waals surface area contributed by atoms with Gasteiger partial charge in [-0.1, -0.05) is 0 Å². The van der Waals surface area contributed by atoms with Crippen molar-refractivity contribution in [3.05, 3.63) is 0 Å². The van der Waals surface area contributed by atoms with Gasteiger partial charge in [0.2, 0.25) is 5.91 Å². The van der Waals surface area contributed by atoms with Gasteiger partial charge < -0.3 is 10.0 Å². The summed E-state index contributed by atoms with van der Waals surface area (Å²) in [5, 5.41) is 8.77. The standard InChI is InChI=1S/C9H17NO3/c1-9(2,8(12)13)6-5-7(11)10(3)4/h5-6H2,1-4H3,(H,12,13). The lowest BCUT2D eigenvalue weighted by atomic mass is 9.88. The van der Waals surface area contributed by atoms with E-state index in [2.05, 4.69) is 0 Å². The Morgan fingerprint density at radius 1 is 1.31 bits per heavy atom. The molecule has 0 saturated carbocycles. The zero-order valence-electron chi connectivity index (χ0n) is 8.63. The summed E-state index contributed by atoms with van der Waals surface area (Å²) in [7, 11) is 3.33.